The predicted octanol–water partition coefficient (Wildman–Crippen LogP) is 1.99. The zero-order chi connectivity index (χ0) is 17.6. The van der Waals surface area contributed by atoms with Gasteiger partial charge in [-0.1, -0.05) is 11.8 Å². The van der Waals surface area contributed by atoms with E-state index in [0.717, 1.165) is 11.4 Å². The molecule has 0 aliphatic heterocycles. The molecule has 7 nitrogen and oxygen atoms in total. The summed E-state index contributed by atoms with van der Waals surface area (Å²) in [6.45, 7) is 7.02. The van der Waals surface area contributed by atoms with Gasteiger partial charge in [-0.15, -0.1) is 10.2 Å². The van der Waals surface area contributed by atoms with Crippen LogP contribution in [0.25, 0.3) is 11.4 Å². The average molecular weight is 349 g/mol. The Hall–Kier alpha value is -1.93. The van der Waals surface area contributed by atoms with Crippen molar-refractivity contribution < 1.29 is 9.53 Å². The minimum Gasteiger partial charge on any atom is -0.383 e. The van der Waals surface area contributed by atoms with Gasteiger partial charge in [0.05, 0.1) is 18.9 Å². The molecule has 130 valence electrons. The van der Waals surface area contributed by atoms with Gasteiger partial charge in [0, 0.05) is 30.6 Å². The lowest BCUT2D eigenvalue weighted by atomic mass is 10.1. The molecule has 0 aliphatic rings. The fourth-order valence-corrected chi connectivity index (χ4v) is 2.84. The minimum atomic E-state index is -0.246. The smallest absolute Gasteiger partial charge is 0.230 e. The summed E-state index contributed by atoms with van der Waals surface area (Å²) in [7, 11) is 1.65. The molecule has 0 atom stereocenters. The van der Waals surface area contributed by atoms with Crippen molar-refractivity contribution in [2.45, 2.75) is 38.0 Å². The Kier molecular flexibility index (Phi) is 6.33. The maximum atomic E-state index is 12.0. The van der Waals surface area contributed by atoms with Crippen LogP contribution in [0.4, 0.5) is 0 Å². The summed E-state index contributed by atoms with van der Waals surface area (Å²) in [5.41, 5.74) is 0.684. The topological polar surface area (TPSA) is 81.9 Å². The zero-order valence-electron chi connectivity index (χ0n) is 14.4. The third-order valence-corrected chi connectivity index (χ3v) is 3.99. The Labute approximate surface area is 146 Å². The van der Waals surface area contributed by atoms with Crippen molar-refractivity contribution in [3.05, 3.63) is 24.5 Å². The van der Waals surface area contributed by atoms with E-state index < -0.39 is 0 Å². The van der Waals surface area contributed by atoms with Crippen molar-refractivity contribution in [1.82, 2.24) is 25.1 Å². The first-order valence-corrected chi connectivity index (χ1v) is 8.65. The van der Waals surface area contributed by atoms with E-state index in [4.69, 9.17) is 4.74 Å². The Bertz CT molecular complexity index is 667. The van der Waals surface area contributed by atoms with Crippen LogP contribution < -0.4 is 5.32 Å². The summed E-state index contributed by atoms with van der Waals surface area (Å²) in [6.07, 6.45) is 3.43. The highest BCUT2D eigenvalue weighted by Gasteiger charge is 2.18. The Morgan fingerprint density at radius 2 is 2.00 bits per heavy atom. The number of amides is 1. The van der Waals surface area contributed by atoms with Crippen LogP contribution in [0.2, 0.25) is 0 Å². The number of nitrogens with one attached hydrogen (secondary N) is 1. The molecule has 0 aromatic carbocycles. The van der Waals surface area contributed by atoms with Gasteiger partial charge in [-0.25, -0.2) is 0 Å². The van der Waals surface area contributed by atoms with Gasteiger partial charge in [-0.3, -0.25) is 14.3 Å². The van der Waals surface area contributed by atoms with Crippen LogP contribution in [0.1, 0.15) is 20.8 Å². The molecule has 8 heteroatoms. The molecule has 2 aromatic rings. The van der Waals surface area contributed by atoms with Crippen molar-refractivity contribution in [2.75, 3.05) is 19.5 Å². The lowest BCUT2D eigenvalue weighted by molar-refractivity contribution is -0.119. The van der Waals surface area contributed by atoms with E-state index in [1.807, 2.05) is 37.5 Å². The van der Waals surface area contributed by atoms with Gasteiger partial charge in [0.15, 0.2) is 11.0 Å². The van der Waals surface area contributed by atoms with Crippen LogP contribution in [0.3, 0.4) is 0 Å². The molecule has 2 heterocycles. The van der Waals surface area contributed by atoms with E-state index in [9.17, 15) is 4.79 Å². The molecule has 0 saturated heterocycles. The molecular weight excluding hydrogens is 326 g/mol. The quantitative estimate of drug-likeness (QED) is 0.770. The number of thioether (sulfide) groups is 1. The fraction of sp³-hybridized carbons (Fsp3) is 0.500. The number of carbonyl (C=O) groups is 1. The van der Waals surface area contributed by atoms with Crippen molar-refractivity contribution in [3.63, 3.8) is 0 Å². The molecule has 0 aliphatic carbocycles. The van der Waals surface area contributed by atoms with Gasteiger partial charge >= 0.3 is 0 Å². The lowest BCUT2D eigenvalue weighted by Crippen LogP contribution is -2.41. The number of hydrogen-bond donors (Lipinski definition) is 1. The second-order valence-corrected chi connectivity index (χ2v) is 7.22. The molecule has 1 amide bonds. The van der Waals surface area contributed by atoms with Crippen LogP contribution in [-0.4, -0.2) is 50.7 Å². The molecule has 0 fully saturated rings. The first-order chi connectivity index (χ1) is 11.4. The zero-order valence-corrected chi connectivity index (χ0v) is 15.3. The number of nitrogens with zero attached hydrogens (tertiary/aromatic N) is 4. The fourth-order valence-electron chi connectivity index (χ4n) is 2.08. The molecule has 0 unspecified atom stereocenters. The summed E-state index contributed by atoms with van der Waals surface area (Å²) in [4.78, 5) is 16.0. The summed E-state index contributed by atoms with van der Waals surface area (Å²) >= 11 is 1.37. The number of carbonyl (C=O) groups excluding carboxylic acids is 1. The van der Waals surface area contributed by atoms with E-state index in [0.29, 0.717) is 24.1 Å². The summed E-state index contributed by atoms with van der Waals surface area (Å²) in [5.74, 6) is 1.01. The Balaban J connectivity index is 2.15. The van der Waals surface area contributed by atoms with Crippen LogP contribution in [0, 0.1) is 0 Å². The summed E-state index contributed by atoms with van der Waals surface area (Å²) in [6, 6.07) is 3.77. The van der Waals surface area contributed by atoms with E-state index in [1.165, 1.54) is 11.8 Å². The highest BCUT2D eigenvalue weighted by atomic mass is 32.2. The standard InChI is InChI=1S/C16H23N5O2S/c1-16(2,3)18-13(22)11-24-15-20-19-14(21(15)9-10-23-4)12-5-7-17-8-6-12/h5-8H,9-11H2,1-4H3,(H,18,22). The van der Waals surface area contributed by atoms with Gasteiger partial charge < -0.3 is 10.1 Å². The molecule has 1 N–H and O–H groups in total. The molecular formula is C16H23N5O2S. The Morgan fingerprint density at radius 1 is 1.29 bits per heavy atom. The predicted molar refractivity (Wildman–Crippen MR) is 93.7 cm³/mol. The van der Waals surface area contributed by atoms with E-state index in [1.54, 1.807) is 19.5 Å². The first-order valence-electron chi connectivity index (χ1n) is 7.67. The highest BCUT2D eigenvalue weighted by Crippen LogP contribution is 2.23. The van der Waals surface area contributed by atoms with Crippen LogP contribution >= 0.6 is 11.8 Å². The van der Waals surface area contributed by atoms with Crippen LogP contribution in [0.15, 0.2) is 29.7 Å². The second kappa shape index (κ2) is 8.25. The number of rotatable bonds is 7. The van der Waals surface area contributed by atoms with E-state index in [-0.39, 0.29) is 11.4 Å². The largest absolute Gasteiger partial charge is 0.383 e. The third kappa shape index (κ3) is 5.31. The molecule has 2 rings (SSSR count). The summed E-state index contributed by atoms with van der Waals surface area (Å²) < 4.78 is 7.14. The second-order valence-electron chi connectivity index (χ2n) is 6.27. The molecule has 2 aromatic heterocycles. The van der Waals surface area contributed by atoms with Crippen molar-refractivity contribution >= 4 is 17.7 Å². The normalized spacial score (nSPS) is 11.5. The minimum absolute atomic E-state index is 0.0285. The number of pyridine rings is 1. The monoisotopic (exact) mass is 349 g/mol. The highest BCUT2D eigenvalue weighted by molar-refractivity contribution is 7.99. The van der Waals surface area contributed by atoms with Gasteiger partial charge in [0.25, 0.3) is 0 Å². The van der Waals surface area contributed by atoms with E-state index >= 15 is 0 Å². The Morgan fingerprint density at radius 3 is 2.62 bits per heavy atom. The molecule has 0 bridgehead atoms. The molecule has 24 heavy (non-hydrogen) atoms. The van der Waals surface area contributed by atoms with Gasteiger partial charge in [0.2, 0.25) is 5.91 Å². The van der Waals surface area contributed by atoms with Crippen LogP contribution in [0.5, 0.6) is 0 Å². The maximum Gasteiger partial charge on any atom is 0.230 e. The third-order valence-electron chi connectivity index (χ3n) is 3.02. The van der Waals surface area contributed by atoms with Gasteiger partial charge in [-0.05, 0) is 32.9 Å². The number of methoxy groups -OCH3 is 1. The maximum absolute atomic E-state index is 12.0. The van der Waals surface area contributed by atoms with Crippen molar-refractivity contribution in [2.24, 2.45) is 0 Å². The first kappa shape index (κ1) is 18.4. The summed E-state index contributed by atoms with van der Waals surface area (Å²) in [5, 5.41) is 12.1. The average Bonchev–Trinajstić information content (AvgIpc) is 2.93. The van der Waals surface area contributed by atoms with Gasteiger partial charge in [0.1, 0.15) is 0 Å². The number of hydrogen-bond acceptors (Lipinski definition) is 6. The van der Waals surface area contributed by atoms with Gasteiger partial charge in [-0.2, -0.15) is 0 Å². The SMILES string of the molecule is COCCn1c(SCC(=O)NC(C)(C)C)nnc1-c1ccncc1. The van der Waals surface area contributed by atoms with Crippen molar-refractivity contribution in [3.8, 4) is 11.4 Å². The number of ether oxygens (including phenoxy) is 1. The number of aromatic nitrogens is 4. The molecule has 0 saturated carbocycles. The van der Waals surface area contributed by atoms with E-state index in [2.05, 4.69) is 20.5 Å². The van der Waals surface area contributed by atoms with Crippen molar-refractivity contribution in [1.29, 1.82) is 0 Å². The van der Waals surface area contributed by atoms with Crippen LogP contribution in [-0.2, 0) is 16.1 Å². The molecule has 0 radical (unpaired) electrons. The molecule has 0 spiro atoms. The lowest BCUT2D eigenvalue weighted by Gasteiger charge is -2.20.